The molecule has 10 heteroatoms. The Balaban J connectivity index is 1.60. The maximum Gasteiger partial charge on any atom is 0.397 e. The number of aryl methyl sites for hydroxylation is 1. The molecule has 1 saturated heterocycles. The lowest BCUT2D eigenvalue weighted by Crippen LogP contribution is -2.53. The van der Waals surface area contributed by atoms with E-state index in [2.05, 4.69) is 5.32 Å². The van der Waals surface area contributed by atoms with Gasteiger partial charge in [-0.3, -0.25) is 14.9 Å². The summed E-state index contributed by atoms with van der Waals surface area (Å²) in [5.41, 5.74) is 6.87. The fourth-order valence-electron chi connectivity index (χ4n) is 3.36. The number of carbonyl (C=O) groups excluding carboxylic acids is 4. The monoisotopic (exact) mass is 394 g/mol. The molecule has 27 heavy (non-hydrogen) atoms. The van der Waals surface area contributed by atoms with Crippen LogP contribution in [0.15, 0.2) is 0 Å². The number of anilines is 1. The Labute approximate surface area is 160 Å². The predicted molar refractivity (Wildman–Crippen MR) is 98.7 cm³/mol. The van der Waals surface area contributed by atoms with Crippen molar-refractivity contribution in [3.63, 3.8) is 0 Å². The van der Waals surface area contributed by atoms with Gasteiger partial charge in [-0.05, 0) is 31.7 Å². The molecule has 0 unspecified atom stereocenters. The Hall–Kier alpha value is -2.62. The minimum atomic E-state index is -0.880. The molecule has 0 saturated carbocycles. The molecule has 3 N–H and O–H groups in total. The molecule has 1 aromatic rings. The van der Waals surface area contributed by atoms with Crippen LogP contribution in [0, 0.1) is 0 Å². The van der Waals surface area contributed by atoms with Crippen LogP contribution in [0.4, 0.5) is 9.80 Å². The smallest absolute Gasteiger partial charge is 0.397 e. The van der Waals surface area contributed by atoms with Gasteiger partial charge in [-0.25, -0.2) is 9.59 Å². The van der Waals surface area contributed by atoms with E-state index in [9.17, 15) is 19.2 Å². The maximum absolute atomic E-state index is 12.6. The van der Waals surface area contributed by atoms with Gasteiger partial charge in [-0.2, -0.15) is 0 Å². The molecule has 0 atom stereocenters. The SMILES string of the molecule is CCOC(=O)C(=O)N1CCN(C(=O)Nc2sc3c(c2C(N)=O)CCC3)CC1. The van der Waals surface area contributed by atoms with Gasteiger partial charge in [0.2, 0.25) is 0 Å². The van der Waals surface area contributed by atoms with E-state index in [1.807, 2.05) is 0 Å². The van der Waals surface area contributed by atoms with Crippen molar-refractivity contribution in [3.05, 3.63) is 16.0 Å². The van der Waals surface area contributed by atoms with Crippen molar-refractivity contribution in [1.29, 1.82) is 0 Å². The van der Waals surface area contributed by atoms with Crippen LogP contribution in [0.2, 0.25) is 0 Å². The largest absolute Gasteiger partial charge is 0.459 e. The summed E-state index contributed by atoms with van der Waals surface area (Å²) in [6.45, 7) is 2.83. The molecule has 1 aromatic heterocycles. The van der Waals surface area contributed by atoms with Crippen LogP contribution in [0.3, 0.4) is 0 Å². The Morgan fingerprint density at radius 3 is 2.41 bits per heavy atom. The van der Waals surface area contributed by atoms with Gasteiger partial charge in [-0.1, -0.05) is 0 Å². The molecular weight excluding hydrogens is 372 g/mol. The number of rotatable bonds is 3. The summed E-state index contributed by atoms with van der Waals surface area (Å²) in [5.74, 6) is -2.10. The summed E-state index contributed by atoms with van der Waals surface area (Å²) < 4.78 is 4.71. The Morgan fingerprint density at radius 2 is 1.78 bits per heavy atom. The van der Waals surface area contributed by atoms with E-state index in [1.54, 1.807) is 11.8 Å². The number of esters is 1. The second kappa shape index (κ2) is 7.95. The lowest BCUT2D eigenvalue weighted by atomic mass is 10.1. The first-order valence-electron chi connectivity index (χ1n) is 8.88. The van der Waals surface area contributed by atoms with Crippen LogP contribution in [0.1, 0.15) is 34.1 Å². The fourth-order valence-corrected chi connectivity index (χ4v) is 4.65. The van der Waals surface area contributed by atoms with Crippen molar-refractivity contribution in [2.45, 2.75) is 26.2 Å². The second-order valence-corrected chi connectivity index (χ2v) is 7.46. The molecule has 2 aliphatic rings. The first kappa shape index (κ1) is 19.2. The third-order valence-electron chi connectivity index (χ3n) is 4.69. The number of nitrogens with zero attached hydrogens (tertiary/aromatic N) is 2. The summed E-state index contributed by atoms with van der Waals surface area (Å²) in [4.78, 5) is 51.8. The molecule has 4 amide bonds. The van der Waals surface area contributed by atoms with Gasteiger partial charge in [0, 0.05) is 31.1 Å². The van der Waals surface area contributed by atoms with Crippen molar-refractivity contribution in [2.75, 3.05) is 38.1 Å². The highest BCUT2D eigenvalue weighted by molar-refractivity contribution is 7.17. The zero-order valence-corrected chi connectivity index (χ0v) is 15.9. The number of urea groups is 1. The van der Waals surface area contributed by atoms with E-state index in [0.717, 1.165) is 29.7 Å². The molecule has 0 aromatic carbocycles. The first-order chi connectivity index (χ1) is 12.9. The van der Waals surface area contributed by atoms with Gasteiger partial charge in [0.15, 0.2) is 0 Å². The average Bonchev–Trinajstić information content (AvgIpc) is 3.21. The molecule has 1 fully saturated rings. The van der Waals surface area contributed by atoms with E-state index in [4.69, 9.17) is 10.5 Å². The third-order valence-corrected chi connectivity index (χ3v) is 5.90. The normalized spacial score (nSPS) is 16.0. The average molecular weight is 394 g/mol. The van der Waals surface area contributed by atoms with Crippen molar-refractivity contribution in [1.82, 2.24) is 9.80 Å². The van der Waals surface area contributed by atoms with Crippen molar-refractivity contribution in [3.8, 4) is 0 Å². The number of nitrogens with two attached hydrogens (primary N) is 1. The molecular formula is C17H22N4O5S. The lowest BCUT2D eigenvalue weighted by molar-refractivity contribution is -0.160. The molecule has 9 nitrogen and oxygen atoms in total. The van der Waals surface area contributed by atoms with Crippen LogP contribution in [0.5, 0.6) is 0 Å². The number of thiophene rings is 1. The van der Waals surface area contributed by atoms with Crippen LogP contribution >= 0.6 is 11.3 Å². The van der Waals surface area contributed by atoms with Crippen LogP contribution in [0.25, 0.3) is 0 Å². The van der Waals surface area contributed by atoms with Crippen LogP contribution in [-0.4, -0.2) is 66.4 Å². The van der Waals surface area contributed by atoms with Gasteiger partial charge >= 0.3 is 17.9 Å². The predicted octanol–water partition coefficient (Wildman–Crippen LogP) is 0.575. The summed E-state index contributed by atoms with van der Waals surface area (Å²) >= 11 is 1.40. The van der Waals surface area contributed by atoms with Crippen LogP contribution < -0.4 is 11.1 Å². The van der Waals surface area contributed by atoms with Crippen LogP contribution in [-0.2, 0) is 27.2 Å². The number of carbonyl (C=O) groups is 4. The third kappa shape index (κ3) is 3.90. The number of ether oxygens (including phenoxy) is 1. The number of amides is 4. The number of primary amides is 1. The van der Waals surface area contributed by atoms with Gasteiger partial charge in [0.25, 0.3) is 5.91 Å². The van der Waals surface area contributed by atoms with Gasteiger partial charge in [0.05, 0.1) is 12.2 Å². The molecule has 146 valence electrons. The molecule has 1 aliphatic heterocycles. The van der Waals surface area contributed by atoms with Gasteiger partial charge in [0.1, 0.15) is 5.00 Å². The van der Waals surface area contributed by atoms with Crippen molar-refractivity contribution in [2.24, 2.45) is 5.73 Å². The number of hydrogen-bond donors (Lipinski definition) is 2. The maximum atomic E-state index is 12.6. The number of hydrogen-bond acceptors (Lipinski definition) is 6. The van der Waals surface area contributed by atoms with E-state index < -0.39 is 17.8 Å². The zero-order chi connectivity index (χ0) is 19.6. The Morgan fingerprint density at radius 1 is 1.11 bits per heavy atom. The van der Waals surface area contributed by atoms with E-state index >= 15 is 0 Å². The van der Waals surface area contributed by atoms with Crippen molar-refractivity contribution < 1.29 is 23.9 Å². The molecule has 0 spiro atoms. The minimum absolute atomic E-state index is 0.139. The number of piperazine rings is 1. The van der Waals surface area contributed by atoms with E-state index in [0.29, 0.717) is 10.6 Å². The molecule has 2 heterocycles. The van der Waals surface area contributed by atoms with Gasteiger partial charge in [-0.15, -0.1) is 11.3 Å². The quantitative estimate of drug-likeness (QED) is 0.573. The second-order valence-electron chi connectivity index (χ2n) is 6.36. The highest BCUT2D eigenvalue weighted by Crippen LogP contribution is 2.38. The Kier molecular flexibility index (Phi) is 5.64. The summed E-state index contributed by atoms with van der Waals surface area (Å²) in [6, 6.07) is -0.347. The molecule has 1 aliphatic carbocycles. The van der Waals surface area contributed by atoms with Gasteiger partial charge < -0.3 is 20.3 Å². The van der Waals surface area contributed by atoms with E-state index in [-0.39, 0.29) is 38.8 Å². The molecule has 0 bridgehead atoms. The Bertz CT molecular complexity index is 783. The summed E-state index contributed by atoms with van der Waals surface area (Å²) in [5, 5.41) is 3.28. The highest BCUT2D eigenvalue weighted by Gasteiger charge is 2.30. The summed E-state index contributed by atoms with van der Waals surface area (Å²) in [6.07, 6.45) is 2.69. The fraction of sp³-hybridized carbons (Fsp3) is 0.529. The summed E-state index contributed by atoms with van der Waals surface area (Å²) in [7, 11) is 0. The number of nitrogens with one attached hydrogen (secondary N) is 1. The molecule has 3 rings (SSSR count). The molecule has 0 radical (unpaired) electrons. The zero-order valence-electron chi connectivity index (χ0n) is 15.1. The van der Waals surface area contributed by atoms with E-state index in [1.165, 1.54) is 16.2 Å². The highest BCUT2D eigenvalue weighted by atomic mass is 32.1. The first-order valence-corrected chi connectivity index (χ1v) is 9.70. The van der Waals surface area contributed by atoms with Crippen molar-refractivity contribution >= 4 is 40.2 Å². The lowest BCUT2D eigenvalue weighted by Gasteiger charge is -2.34. The number of fused-ring (bicyclic) bond motifs is 1. The minimum Gasteiger partial charge on any atom is -0.459 e. The topological polar surface area (TPSA) is 122 Å². The standard InChI is InChI=1S/C17H22N4O5S/c1-2-26-16(24)15(23)20-6-8-21(9-7-20)17(25)19-14-12(13(18)22)10-4-3-5-11(10)27-14/h2-9H2,1H3,(H2,18,22)(H,19,25).